The molecule has 8 heteroatoms. The van der Waals surface area contributed by atoms with E-state index in [0.29, 0.717) is 19.0 Å². The van der Waals surface area contributed by atoms with Crippen LogP contribution in [0.15, 0.2) is 4.99 Å². The Kier molecular flexibility index (Phi) is 15.9. The minimum absolute atomic E-state index is 0. The summed E-state index contributed by atoms with van der Waals surface area (Å²) in [6.07, 6.45) is 4.37. The monoisotopic (exact) mass is 470 g/mol. The van der Waals surface area contributed by atoms with Gasteiger partial charge in [-0.3, -0.25) is 14.6 Å². The summed E-state index contributed by atoms with van der Waals surface area (Å²) in [6, 6.07) is 0. The molecule has 0 spiro atoms. The summed E-state index contributed by atoms with van der Waals surface area (Å²) in [5.41, 5.74) is -0.237. The van der Waals surface area contributed by atoms with Crippen LogP contribution < -0.4 is 16.0 Å². The molecule has 0 aromatic heterocycles. The van der Waals surface area contributed by atoms with E-state index in [9.17, 15) is 9.59 Å². The van der Waals surface area contributed by atoms with Gasteiger partial charge in [0.2, 0.25) is 5.91 Å². The first-order valence-corrected chi connectivity index (χ1v) is 8.69. The molecule has 0 aliphatic carbocycles. The number of esters is 1. The van der Waals surface area contributed by atoms with E-state index in [1.807, 2.05) is 27.7 Å². The van der Waals surface area contributed by atoms with Crippen LogP contribution in [0.5, 0.6) is 0 Å². The van der Waals surface area contributed by atoms with E-state index < -0.39 is 0 Å². The summed E-state index contributed by atoms with van der Waals surface area (Å²) in [5, 5.41) is 9.05. The van der Waals surface area contributed by atoms with E-state index in [1.165, 1.54) is 0 Å². The number of halogens is 1. The van der Waals surface area contributed by atoms with Crippen molar-refractivity contribution < 1.29 is 14.3 Å². The summed E-state index contributed by atoms with van der Waals surface area (Å²) in [7, 11) is 1.68. The Morgan fingerprint density at radius 1 is 1.04 bits per heavy atom. The van der Waals surface area contributed by atoms with Crippen molar-refractivity contribution in [3.05, 3.63) is 0 Å². The molecule has 0 atom stereocenters. The number of unbranched alkanes of at least 4 members (excludes halogenated alkanes) is 3. The van der Waals surface area contributed by atoms with E-state index in [0.717, 1.165) is 32.2 Å². The third kappa shape index (κ3) is 17.6. The summed E-state index contributed by atoms with van der Waals surface area (Å²) < 4.78 is 4.88. The molecule has 0 rings (SSSR count). The number of carbonyl (C=O) groups is 2. The van der Waals surface area contributed by atoms with Crippen LogP contribution in [0.2, 0.25) is 0 Å². The van der Waals surface area contributed by atoms with E-state index in [4.69, 9.17) is 4.74 Å². The predicted molar refractivity (Wildman–Crippen MR) is 112 cm³/mol. The van der Waals surface area contributed by atoms with Crippen molar-refractivity contribution in [2.45, 2.75) is 65.3 Å². The first-order chi connectivity index (χ1) is 11.3. The molecule has 3 N–H and O–H groups in total. The maximum Gasteiger partial charge on any atom is 0.305 e. The van der Waals surface area contributed by atoms with Crippen molar-refractivity contribution in [2.75, 3.05) is 26.7 Å². The zero-order valence-electron chi connectivity index (χ0n) is 16.2. The quantitative estimate of drug-likeness (QED) is 0.150. The van der Waals surface area contributed by atoms with Gasteiger partial charge in [-0.2, -0.15) is 0 Å². The van der Waals surface area contributed by atoms with E-state index >= 15 is 0 Å². The number of rotatable bonds is 10. The molecule has 148 valence electrons. The fourth-order valence-electron chi connectivity index (χ4n) is 2.03. The molecule has 0 fully saturated rings. The van der Waals surface area contributed by atoms with E-state index in [-0.39, 0.29) is 47.9 Å². The molecule has 0 aliphatic rings. The first-order valence-electron chi connectivity index (χ1n) is 8.69. The smallest absolute Gasteiger partial charge is 0.305 e. The summed E-state index contributed by atoms with van der Waals surface area (Å²) in [5.74, 6) is 0.434. The van der Waals surface area contributed by atoms with Gasteiger partial charge in [-0.05, 0) is 40.5 Å². The Morgan fingerprint density at radius 3 is 2.24 bits per heavy atom. The van der Waals surface area contributed by atoms with E-state index in [1.54, 1.807) is 7.05 Å². The fraction of sp³-hybridized carbons (Fsp3) is 0.824. The lowest BCUT2D eigenvalue weighted by molar-refractivity contribution is -0.143. The maximum atomic E-state index is 11.7. The van der Waals surface area contributed by atoms with Gasteiger partial charge in [0.15, 0.2) is 5.96 Å². The Bertz CT molecular complexity index is 409. The van der Waals surface area contributed by atoms with Gasteiger partial charge in [-0.15, -0.1) is 24.0 Å². The minimum atomic E-state index is -0.237. The van der Waals surface area contributed by atoms with E-state index in [2.05, 4.69) is 20.9 Å². The van der Waals surface area contributed by atoms with Gasteiger partial charge in [0, 0.05) is 25.6 Å². The number of amides is 1. The van der Waals surface area contributed by atoms with Crippen LogP contribution in [0.4, 0.5) is 0 Å². The molecular weight excluding hydrogens is 435 g/mol. The molecule has 1 amide bonds. The Morgan fingerprint density at radius 2 is 1.68 bits per heavy atom. The van der Waals surface area contributed by atoms with Crippen LogP contribution in [0, 0.1) is 0 Å². The van der Waals surface area contributed by atoms with Crippen molar-refractivity contribution in [3.8, 4) is 0 Å². The topological polar surface area (TPSA) is 91.8 Å². The highest BCUT2D eigenvalue weighted by Gasteiger charge is 2.13. The summed E-state index contributed by atoms with van der Waals surface area (Å²) >= 11 is 0. The van der Waals surface area contributed by atoms with Crippen LogP contribution in [0.3, 0.4) is 0 Å². The van der Waals surface area contributed by atoms with Crippen LogP contribution in [0.25, 0.3) is 0 Å². The van der Waals surface area contributed by atoms with Crippen molar-refractivity contribution in [3.63, 3.8) is 0 Å². The number of aliphatic imine (C=N–C) groups is 1. The number of carbonyl (C=O) groups excluding carboxylic acids is 2. The largest absolute Gasteiger partial charge is 0.466 e. The molecule has 0 heterocycles. The molecule has 0 saturated carbocycles. The van der Waals surface area contributed by atoms with Crippen molar-refractivity contribution in [1.29, 1.82) is 0 Å². The van der Waals surface area contributed by atoms with Crippen molar-refractivity contribution >= 4 is 41.8 Å². The Labute approximate surface area is 169 Å². The highest BCUT2D eigenvalue weighted by Crippen LogP contribution is 2.03. The molecule has 0 aromatic carbocycles. The SMILES string of the molecule is CCOC(=O)CCCCCCNC(=NC)NCC(=O)NC(C)(C)C.I. The number of hydrogen-bond acceptors (Lipinski definition) is 4. The molecule has 0 radical (unpaired) electrons. The zero-order chi connectivity index (χ0) is 18.4. The average molecular weight is 470 g/mol. The number of nitrogens with zero attached hydrogens (tertiary/aromatic N) is 1. The Hall–Kier alpha value is -1.06. The average Bonchev–Trinajstić information content (AvgIpc) is 2.47. The summed E-state index contributed by atoms with van der Waals surface area (Å²) in [4.78, 5) is 27.0. The van der Waals surface area contributed by atoms with Gasteiger partial charge in [-0.25, -0.2) is 0 Å². The second-order valence-corrected chi connectivity index (χ2v) is 6.62. The highest BCUT2D eigenvalue weighted by molar-refractivity contribution is 14.0. The van der Waals surface area contributed by atoms with Crippen molar-refractivity contribution in [2.24, 2.45) is 4.99 Å². The van der Waals surface area contributed by atoms with Crippen LogP contribution in [0.1, 0.15) is 59.8 Å². The first kappa shape index (κ1) is 26.2. The molecule has 0 aliphatic heterocycles. The number of nitrogens with one attached hydrogen (secondary N) is 3. The van der Waals surface area contributed by atoms with Gasteiger partial charge in [0.25, 0.3) is 0 Å². The van der Waals surface area contributed by atoms with Gasteiger partial charge in [-0.1, -0.05) is 12.8 Å². The second kappa shape index (κ2) is 15.2. The third-order valence-electron chi connectivity index (χ3n) is 3.06. The van der Waals surface area contributed by atoms with Crippen LogP contribution >= 0.6 is 24.0 Å². The van der Waals surface area contributed by atoms with Gasteiger partial charge in [0.1, 0.15) is 0 Å². The summed E-state index contributed by atoms with van der Waals surface area (Å²) in [6.45, 7) is 9.07. The second-order valence-electron chi connectivity index (χ2n) is 6.62. The lowest BCUT2D eigenvalue weighted by Gasteiger charge is -2.21. The zero-order valence-corrected chi connectivity index (χ0v) is 18.6. The maximum absolute atomic E-state index is 11.7. The highest BCUT2D eigenvalue weighted by atomic mass is 127. The molecule has 0 unspecified atom stereocenters. The Balaban J connectivity index is 0. The van der Waals surface area contributed by atoms with Crippen molar-refractivity contribution in [1.82, 2.24) is 16.0 Å². The number of ether oxygens (including phenoxy) is 1. The molecule has 25 heavy (non-hydrogen) atoms. The molecule has 0 aromatic rings. The molecular formula is C17H35IN4O3. The molecule has 0 bridgehead atoms. The lowest BCUT2D eigenvalue weighted by Crippen LogP contribution is -2.48. The minimum Gasteiger partial charge on any atom is -0.466 e. The van der Waals surface area contributed by atoms with Crippen LogP contribution in [-0.2, 0) is 14.3 Å². The fourth-order valence-corrected chi connectivity index (χ4v) is 2.03. The van der Waals surface area contributed by atoms with Gasteiger partial charge < -0.3 is 20.7 Å². The standard InChI is InChI=1S/C17H34N4O3.HI/c1-6-24-15(23)11-9-7-8-10-12-19-16(18-5)20-13-14(22)21-17(2,3)4;/h6-13H2,1-5H3,(H,21,22)(H2,18,19,20);1H. The normalized spacial score (nSPS) is 11.3. The predicted octanol–water partition coefficient (Wildman–Crippen LogP) is 2.20. The third-order valence-corrected chi connectivity index (χ3v) is 3.06. The lowest BCUT2D eigenvalue weighted by atomic mass is 10.1. The van der Waals surface area contributed by atoms with Crippen LogP contribution in [-0.4, -0.2) is 50.1 Å². The van der Waals surface area contributed by atoms with Gasteiger partial charge in [0.05, 0.1) is 13.2 Å². The van der Waals surface area contributed by atoms with Gasteiger partial charge >= 0.3 is 5.97 Å². The number of hydrogen-bond donors (Lipinski definition) is 3. The number of guanidine groups is 1. The molecule has 7 nitrogen and oxygen atoms in total. The molecule has 0 saturated heterocycles.